The van der Waals surface area contributed by atoms with E-state index in [9.17, 15) is 9.59 Å². The Kier molecular flexibility index (Phi) is 4.70. The summed E-state index contributed by atoms with van der Waals surface area (Å²) in [7, 11) is 0. The van der Waals surface area contributed by atoms with Crippen molar-refractivity contribution in [3.05, 3.63) is 35.4 Å². The first-order chi connectivity index (χ1) is 7.59. The maximum atomic E-state index is 11.5. The number of aryl methyl sites for hydroxylation is 1. The average Bonchev–Trinajstić information content (AvgIpc) is 2.25. The molecule has 0 aliphatic carbocycles. The fourth-order valence-corrected chi connectivity index (χ4v) is 1.26. The maximum Gasteiger partial charge on any atom is 0.338 e. The highest BCUT2D eigenvalue weighted by Gasteiger charge is 2.05. The third-order valence-corrected chi connectivity index (χ3v) is 2.19. The van der Waals surface area contributed by atoms with Gasteiger partial charge in [0.05, 0.1) is 12.2 Å². The van der Waals surface area contributed by atoms with Crippen molar-refractivity contribution < 1.29 is 14.3 Å². The summed E-state index contributed by atoms with van der Waals surface area (Å²) >= 11 is 0. The number of ketones is 1. The quantitative estimate of drug-likeness (QED) is 0.565. The summed E-state index contributed by atoms with van der Waals surface area (Å²) in [6, 6.07) is 7.21. The molecule has 0 saturated heterocycles. The summed E-state index contributed by atoms with van der Waals surface area (Å²) < 4.78 is 5.03. The Bertz CT molecular complexity index is 365. The van der Waals surface area contributed by atoms with Crippen molar-refractivity contribution in [2.24, 2.45) is 0 Å². The van der Waals surface area contributed by atoms with Crippen LogP contribution in [0.1, 0.15) is 35.7 Å². The Morgan fingerprint density at radius 1 is 1.19 bits per heavy atom. The number of esters is 1. The molecule has 0 fully saturated rings. The summed E-state index contributed by atoms with van der Waals surface area (Å²) in [6.07, 6.45) is 1.05. The number of hydrogen-bond acceptors (Lipinski definition) is 3. The molecule has 1 rings (SSSR count). The zero-order valence-electron chi connectivity index (χ0n) is 9.66. The smallest absolute Gasteiger partial charge is 0.338 e. The van der Waals surface area contributed by atoms with Crippen LogP contribution in [-0.4, -0.2) is 18.4 Å². The van der Waals surface area contributed by atoms with Gasteiger partial charge < -0.3 is 9.53 Å². The molecule has 0 aliphatic rings. The summed E-state index contributed by atoms with van der Waals surface area (Å²) in [5.74, 6) is -0.213. The molecule has 0 unspecified atom stereocenters. The number of benzene rings is 1. The van der Waals surface area contributed by atoms with Crippen molar-refractivity contribution in [2.75, 3.05) is 6.61 Å². The molecule has 3 nitrogen and oxygen atoms in total. The molecule has 0 amide bonds. The second-order valence-corrected chi connectivity index (χ2v) is 3.81. The molecule has 0 heterocycles. The van der Waals surface area contributed by atoms with Crippen LogP contribution in [0.2, 0.25) is 0 Å². The van der Waals surface area contributed by atoms with Crippen LogP contribution in [0.15, 0.2) is 24.3 Å². The minimum atomic E-state index is -0.330. The van der Waals surface area contributed by atoms with E-state index in [0.717, 1.165) is 5.56 Å². The molecule has 0 aromatic heterocycles. The Balaban J connectivity index is 2.35. The number of carbonyl (C=O) groups is 2. The standard InChI is InChI=1S/C13H16O3/c1-10-5-7-12(8-6-10)13(15)16-9-3-4-11(2)14/h5-8H,3-4,9H2,1-2H3. The maximum absolute atomic E-state index is 11.5. The summed E-state index contributed by atoms with van der Waals surface area (Å²) in [5, 5.41) is 0. The lowest BCUT2D eigenvalue weighted by Crippen LogP contribution is -2.07. The highest BCUT2D eigenvalue weighted by Crippen LogP contribution is 2.05. The van der Waals surface area contributed by atoms with Gasteiger partial charge in [0, 0.05) is 6.42 Å². The fraction of sp³-hybridized carbons (Fsp3) is 0.385. The van der Waals surface area contributed by atoms with Crippen LogP contribution in [0, 0.1) is 6.92 Å². The molecule has 3 heteroatoms. The lowest BCUT2D eigenvalue weighted by molar-refractivity contribution is -0.117. The van der Waals surface area contributed by atoms with Gasteiger partial charge >= 0.3 is 5.97 Å². The average molecular weight is 220 g/mol. The van der Waals surface area contributed by atoms with Crippen LogP contribution < -0.4 is 0 Å². The predicted molar refractivity (Wildman–Crippen MR) is 61.4 cm³/mol. The van der Waals surface area contributed by atoms with Crippen LogP contribution in [0.5, 0.6) is 0 Å². The van der Waals surface area contributed by atoms with E-state index in [1.165, 1.54) is 6.92 Å². The fourth-order valence-electron chi connectivity index (χ4n) is 1.26. The zero-order chi connectivity index (χ0) is 12.0. The van der Waals surface area contributed by atoms with Crippen LogP contribution in [0.25, 0.3) is 0 Å². The summed E-state index contributed by atoms with van der Waals surface area (Å²) in [4.78, 5) is 22.1. The van der Waals surface area contributed by atoms with Gasteiger partial charge in [-0.15, -0.1) is 0 Å². The van der Waals surface area contributed by atoms with E-state index in [-0.39, 0.29) is 11.8 Å². The number of rotatable bonds is 5. The number of ether oxygens (including phenoxy) is 1. The number of Topliss-reactive ketones (excluding diaryl/α,β-unsaturated/α-hetero) is 1. The molecular weight excluding hydrogens is 204 g/mol. The Morgan fingerprint density at radius 2 is 1.81 bits per heavy atom. The topological polar surface area (TPSA) is 43.4 Å². The van der Waals surface area contributed by atoms with Crippen molar-refractivity contribution in [3.63, 3.8) is 0 Å². The Labute approximate surface area is 95.4 Å². The molecule has 1 aromatic rings. The van der Waals surface area contributed by atoms with Gasteiger partial charge in [-0.25, -0.2) is 4.79 Å². The molecule has 0 atom stereocenters. The lowest BCUT2D eigenvalue weighted by atomic mass is 10.1. The first-order valence-electron chi connectivity index (χ1n) is 5.33. The van der Waals surface area contributed by atoms with E-state index in [2.05, 4.69) is 0 Å². The van der Waals surface area contributed by atoms with Crippen molar-refractivity contribution in [2.45, 2.75) is 26.7 Å². The molecule has 0 aliphatic heterocycles. The second-order valence-electron chi connectivity index (χ2n) is 3.81. The molecule has 16 heavy (non-hydrogen) atoms. The second kappa shape index (κ2) is 6.05. The summed E-state index contributed by atoms with van der Waals surface area (Å²) in [5.41, 5.74) is 1.65. The van der Waals surface area contributed by atoms with Crippen molar-refractivity contribution in [1.29, 1.82) is 0 Å². The first kappa shape index (κ1) is 12.4. The van der Waals surface area contributed by atoms with Crippen molar-refractivity contribution in [3.8, 4) is 0 Å². The van der Waals surface area contributed by atoms with Crippen molar-refractivity contribution >= 4 is 11.8 Å². The molecule has 0 bridgehead atoms. The minimum Gasteiger partial charge on any atom is -0.462 e. The predicted octanol–water partition coefficient (Wildman–Crippen LogP) is 2.52. The third kappa shape index (κ3) is 4.26. The van der Waals surface area contributed by atoms with E-state index in [0.29, 0.717) is 25.0 Å². The monoisotopic (exact) mass is 220 g/mol. The van der Waals surface area contributed by atoms with Gasteiger partial charge in [0.2, 0.25) is 0 Å². The van der Waals surface area contributed by atoms with Crippen LogP contribution >= 0.6 is 0 Å². The molecule has 0 N–H and O–H groups in total. The highest BCUT2D eigenvalue weighted by atomic mass is 16.5. The van der Waals surface area contributed by atoms with Gasteiger partial charge in [-0.3, -0.25) is 0 Å². The third-order valence-electron chi connectivity index (χ3n) is 2.19. The van der Waals surface area contributed by atoms with Crippen LogP contribution in [-0.2, 0) is 9.53 Å². The Morgan fingerprint density at radius 3 is 2.38 bits per heavy atom. The van der Waals surface area contributed by atoms with E-state index in [1.54, 1.807) is 12.1 Å². The lowest BCUT2D eigenvalue weighted by Gasteiger charge is -2.04. The number of carbonyl (C=O) groups excluding carboxylic acids is 2. The summed E-state index contributed by atoms with van der Waals surface area (Å²) in [6.45, 7) is 3.79. The Hall–Kier alpha value is -1.64. The highest BCUT2D eigenvalue weighted by molar-refractivity contribution is 5.89. The number of hydrogen-bond donors (Lipinski definition) is 0. The van der Waals surface area contributed by atoms with E-state index < -0.39 is 0 Å². The molecular formula is C13H16O3. The first-order valence-corrected chi connectivity index (χ1v) is 5.33. The van der Waals surface area contributed by atoms with E-state index in [4.69, 9.17) is 4.74 Å². The van der Waals surface area contributed by atoms with Gasteiger partial charge in [-0.05, 0) is 32.4 Å². The molecule has 0 spiro atoms. The minimum absolute atomic E-state index is 0.117. The van der Waals surface area contributed by atoms with Gasteiger partial charge in [0.15, 0.2) is 0 Å². The van der Waals surface area contributed by atoms with Gasteiger partial charge in [0.25, 0.3) is 0 Å². The molecule has 86 valence electrons. The van der Waals surface area contributed by atoms with Gasteiger partial charge in [-0.1, -0.05) is 17.7 Å². The van der Waals surface area contributed by atoms with E-state index >= 15 is 0 Å². The van der Waals surface area contributed by atoms with Gasteiger partial charge in [0.1, 0.15) is 5.78 Å². The van der Waals surface area contributed by atoms with Crippen LogP contribution in [0.4, 0.5) is 0 Å². The molecule has 0 radical (unpaired) electrons. The molecule has 1 aromatic carbocycles. The van der Waals surface area contributed by atoms with Gasteiger partial charge in [-0.2, -0.15) is 0 Å². The normalized spacial score (nSPS) is 9.88. The largest absolute Gasteiger partial charge is 0.462 e. The zero-order valence-corrected chi connectivity index (χ0v) is 9.66. The van der Waals surface area contributed by atoms with Crippen LogP contribution in [0.3, 0.4) is 0 Å². The SMILES string of the molecule is CC(=O)CCCOC(=O)c1ccc(C)cc1. The van der Waals surface area contributed by atoms with E-state index in [1.807, 2.05) is 19.1 Å². The molecule has 0 saturated carbocycles. The van der Waals surface area contributed by atoms with Crippen molar-refractivity contribution in [1.82, 2.24) is 0 Å².